The first-order valence-electron chi connectivity index (χ1n) is 8.24. The van der Waals surface area contributed by atoms with Crippen LogP contribution in [0, 0.1) is 0 Å². The Labute approximate surface area is 144 Å². The van der Waals surface area contributed by atoms with Crippen LogP contribution in [0.15, 0.2) is 48.5 Å². The SMILES string of the molecule is COc1cc(CNCC(C)(O)c2ccccc2)ccc1OC(C)C. The van der Waals surface area contributed by atoms with Gasteiger partial charge in [0.15, 0.2) is 11.5 Å². The Bertz CT molecular complexity index is 639. The Morgan fingerprint density at radius 3 is 2.42 bits per heavy atom. The van der Waals surface area contributed by atoms with Crippen LogP contribution in [0.4, 0.5) is 0 Å². The number of methoxy groups -OCH3 is 1. The second-order valence-electron chi connectivity index (χ2n) is 6.40. The Hall–Kier alpha value is -2.04. The van der Waals surface area contributed by atoms with Crippen molar-refractivity contribution in [2.45, 2.75) is 39.0 Å². The van der Waals surface area contributed by atoms with Gasteiger partial charge in [0.1, 0.15) is 0 Å². The summed E-state index contributed by atoms with van der Waals surface area (Å²) in [6.45, 7) is 6.89. The molecule has 0 bridgehead atoms. The third-order valence-electron chi connectivity index (χ3n) is 3.78. The average molecular weight is 329 g/mol. The number of ether oxygens (including phenoxy) is 2. The van der Waals surface area contributed by atoms with E-state index < -0.39 is 5.60 Å². The van der Waals surface area contributed by atoms with Crippen LogP contribution in [0.25, 0.3) is 0 Å². The van der Waals surface area contributed by atoms with E-state index in [1.54, 1.807) is 7.11 Å². The molecule has 4 heteroatoms. The van der Waals surface area contributed by atoms with Crippen molar-refractivity contribution in [3.8, 4) is 11.5 Å². The van der Waals surface area contributed by atoms with Crippen molar-refractivity contribution < 1.29 is 14.6 Å². The molecule has 2 rings (SSSR count). The fourth-order valence-corrected chi connectivity index (χ4v) is 2.52. The van der Waals surface area contributed by atoms with Crippen LogP contribution in [-0.4, -0.2) is 24.9 Å². The zero-order chi connectivity index (χ0) is 17.6. The van der Waals surface area contributed by atoms with Gasteiger partial charge in [0.05, 0.1) is 18.8 Å². The lowest BCUT2D eigenvalue weighted by atomic mass is 9.96. The smallest absolute Gasteiger partial charge is 0.161 e. The predicted molar refractivity (Wildman–Crippen MR) is 96.5 cm³/mol. The molecule has 2 N–H and O–H groups in total. The van der Waals surface area contributed by atoms with E-state index in [1.807, 2.05) is 69.3 Å². The van der Waals surface area contributed by atoms with E-state index in [4.69, 9.17) is 9.47 Å². The zero-order valence-corrected chi connectivity index (χ0v) is 14.9. The number of rotatable bonds is 8. The molecule has 24 heavy (non-hydrogen) atoms. The monoisotopic (exact) mass is 329 g/mol. The fourth-order valence-electron chi connectivity index (χ4n) is 2.52. The summed E-state index contributed by atoms with van der Waals surface area (Å²) in [6.07, 6.45) is 0.101. The van der Waals surface area contributed by atoms with Gasteiger partial charge in [-0.15, -0.1) is 0 Å². The minimum absolute atomic E-state index is 0.101. The van der Waals surface area contributed by atoms with E-state index in [1.165, 1.54) is 0 Å². The molecule has 2 aromatic carbocycles. The van der Waals surface area contributed by atoms with Gasteiger partial charge < -0.3 is 19.9 Å². The maximum absolute atomic E-state index is 10.6. The second-order valence-corrected chi connectivity index (χ2v) is 6.40. The van der Waals surface area contributed by atoms with Gasteiger partial charge in [0, 0.05) is 13.1 Å². The van der Waals surface area contributed by atoms with Crippen molar-refractivity contribution in [3.63, 3.8) is 0 Å². The molecule has 0 fully saturated rings. The summed E-state index contributed by atoms with van der Waals surface area (Å²) in [7, 11) is 1.64. The van der Waals surface area contributed by atoms with Crippen molar-refractivity contribution in [2.24, 2.45) is 0 Å². The molecular formula is C20H27NO3. The molecule has 0 amide bonds. The van der Waals surface area contributed by atoms with Gasteiger partial charge in [-0.2, -0.15) is 0 Å². The van der Waals surface area contributed by atoms with Crippen molar-refractivity contribution in [1.82, 2.24) is 5.32 Å². The number of hydrogen-bond acceptors (Lipinski definition) is 4. The minimum atomic E-state index is -0.911. The molecule has 1 unspecified atom stereocenters. The summed E-state index contributed by atoms with van der Waals surface area (Å²) in [5.74, 6) is 1.46. The standard InChI is InChI=1S/C20H27NO3/c1-15(2)24-18-11-10-16(12-19(18)23-4)13-21-14-20(3,22)17-8-6-5-7-9-17/h5-12,15,21-22H,13-14H2,1-4H3. The topological polar surface area (TPSA) is 50.7 Å². The molecule has 0 aliphatic rings. The van der Waals surface area contributed by atoms with Crippen LogP contribution in [0.5, 0.6) is 11.5 Å². The molecule has 0 aromatic heterocycles. The van der Waals surface area contributed by atoms with E-state index in [2.05, 4.69) is 5.32 Å². The second kappa shape index (κ2) is 8.18. The largest absolute Gasteiger partial charge is 0.493 e. The van der Waals surface area contributed by atoms with Crippen molar-refractivity contribution in [1.29, 1.82) is 0 Å². The highest BCUT2D eigenvalue weighted by atomic mass is 16.5. The summed E-state index contributed by atoms with van der Waals surface area (Å²) in [5.41, 5.74) is 1.06. The molecule has 130 valence electrons. The molecule has 0 aliphatic carbocycles. The van der Waals surface area contributed by atoms with Crippen LogP contribution in [0.1, 0.15) is 31.9 Å². The normalized spacial score (nSPS) is 13.6. The first kappa shape index (κ1) is 18.3. The highest BCUT2D eigenvalue weighted by Crippen LogP contribution is 2.29. The van der Waals surface area contributed by atoms with Gasteiger partial charge in [0.25, 0.3) is 0 Å². The van der Waals surface area contributed by atoms with E-state index >= 15 is 0 Å². The van der Waals surface area contributed by atoms with Crippen LogP contribution < -0.4 is 14.8 Å². The maximum atomic E-state index is 10.6. The van der Waals surface area contributed by atoms with Crippen LogP contribution >= 0.6 is 0 Å². The maximum Gasteiger partial charge on any atom is 0.161 e. The molecule has 0 saturated heterocycles. The molecule has 4 nitrogen and oxygen atoms in total. The average Bonchev–Trinajstić information content (AvgIpc) is 2.56. The molecule has 1 atom stereocenters. The van der Waals surface area contributed by atoms with Crippen LogP contribution in [0.3, 0.4) is 0 Å². The lowest BCUT2D eigenvalue weighted by Gasteiger charge is -2.24. The Morgan fingerprint density at radius 2 is 1.79 bits per heavy atom. The number of hydrogen-bond donors (Lipinski definition) is 2. The Morgan fingerprint density at radius 1 is 1.08 bits per heavy atom. The van der Waals surface area contributed by atoms with Crippen molar-refractivity contribution in [2.75, 3.05) is 13.7 Å². The summed E-state index contributed by atoms with van der Waals surface area (Å²) in [4.78, 5) is 0. The van der Waals surface area contributed by atoms with Gasteiger partial charge in [0.2, 0.25) is 0 Å². The quantitative estimate of drug-likeness (QED) is 0.778. The molecule has 2 aromatic rings. The van der Waals surface area contributed by atoms with Crippen LogP contribution in [0.2, 0.25) is 0 Å². The summed E-state index contributed by atoms with van der Waals surface area (Å²) in [5, 5.41) is 13.9. The number of benzene rings is 2. The third-order valence-corrected chi connectivity index (χ3v) is 3.78. The first-order chi connectivity index (χ1) is 11.4. The highest BCUT2D eigenvalue weighted by Gasteiger charge is 2.22. The van der Waals surface area contributed by atoms with E-state index in [-0.39, 0.29) is 6.10 Å². The van der Waals surface area contributed by atoms with E-state index in [0.717, 1.165) is 22.6 Å². The third kappa shape index (κ3) is 4.98. The summed E-state index contributed by atoms with van der Waals surface area (Å²) >= 11 is 0. The molecule has 0 aliphatic heterocycles. The van der Waals surface area contributed by atoms with Crippen LogP contribution in [-0.2, 0) is 12.1 Å². The minimum Gasteiger partial charge on any atom is -0.493 e. The van der Waals surface area contributed by atoms with Gasteiger partial charge >= 0.3 is 0 Å². The summed E-state index contributed by atoms with van der Waals surface area (Å²) < 4.78 is 11.1. The molecule has 0 spiro atoms. The van der Waals surface area contributed by atoms with E-state index in [9.17, 15) is 5.11 Å². The van der Waals surface area contributed by atoms with Gasteiger partial charge in [-0.25, -0.2) is 0 Å². The zero-order valence-electron chi connectivity index (χ0n) is 14.9. The number of aliphatic hydroxyl groups is 1. The first-order valence-corrected chi connectivity index (χ1v) is 8.24. The van der Waals surface area contributed by atoms with Gasteiger partial charge in [-0.1, -0.05) is 36.4 Å². The lowest BCUT2D eigenvalue weighted by molar-refractivity contribution is 0.0566. The molecule has 0 radical (unpaired) electrons. The van der Waals surface area contributed by atoms with Gasteiger partial charge in [-0.05, 0) is 44.0 Å². The summed E-state index contributed by atoms with van der Waals surface area (Å²) in [6, 6.07) is 15.6. The Balaban J connectivity index is 1.97. The molecule has 0 saturated carbocycles. The molecular weight excluding hydrogens is 302 g/mol. The van der Waals surface area contributed by atoms with Crippen molar-refractivity contribution >= 4 is 0 Å². The fraction of sp³-hybridized carbons (Fsp3) is 0.400. The van der Waals surface area contributed by atoms with Gasteiger partial charge in [-0.3, -0.25) is 0 Å². The number of nitrogens with one attached hydrogen (secondary N) is 1. The predicted octanol–water partition coefficient (Wildman–Crippen LogP) is 3.48. The van der Waals surface area contributed by atoms with E-state index in [0.29, 0.717) is 13.1 Å². The highest BCUT2D eigenvalue weighted by molar-refractivity contribution is 5.43. The van der Waals surface area contributed by atoms with Crippen molar-refractivity contribution in [3.05, 3.63) is 59.7 Å². The Kier molecular flexibility index (Phi) is 6.23. The lowest BCUT2D eigenvalue weighted by Crippen LogP contribution is -2.35. The molecule has 0 heterocycles.